The number of amides is 1. The molecule has 0 aliphatic carbocycles. The number of carbonyl (C=O) groups excluding carboxylic acids is 2. The van der Waals surface area contributed by atoms with E-state index in [9.17, 15) is 27.9 Å². The molecule has 1 aromatic carbocycles. The number of carboxylic acids is 1. The Morgan fingerprint density at radius 1 is 1.21 bits per heavy atom. The van der Waals surface area contributed by atoms with Crippen molar-refractivity contribution in [2.75, 3.05) is 64.4 Å². The number of nitrogens with zero attached hydrogens (tertiary/aromatic N) is 4. The van der Waals surface area contributed by atoms with Crippen molar-refractivity contribution in [1.29, 1.82) is 0 Å². The summed E-state index contributed by atoms with van der Waals surface area (Å²) in [7, 11) is 0. The van der Waals surface area contributed by atoms with Crippen LogP contribution in [0.2, 0.25) is 0 Å². The molecule has 2 atom stereocenters. The third kappa shape index (κ3) is 7.94. The molecule has 1 N–H and O–H groups in total. The van der Waals surface area contributed by atoms with Gasteiger partial charge in [-0.2, -0.15) is 13.2 Å². The van der Waals surface area contributed by atoms with Gasteiger partial charge in [-0.15, -0.1) is 12.4 Å². The minimum atomic E-state index is -4.64. The van der Waals surface area contributed by atoms with Crippen LogP contribution in [0.1, 0.15) is 29.7 Å². The summed E-state index contributed by atoms with van der Waals surface area (Å²) >= 11 is 0. The first kappa shape index (κ1) is 32.1. The Balaban J connectivity index is 0.00000405. The number of ether oxygens (including phenoxy) is 2. The van der Waals surface area contributed by atoms with Crippen molar-refractivity contribution in [3.05, 3.63) is 41.2 Å². The van der Waals surface area contributed by atoms with Crippen molar-refractivity contribution >= 4 is 30.2 Å². The number of aryl methyl sites for hydroxylation is 1. The molecule has 4 heterocycles. The van der Waals surface area contributed by atoms with Gasteiger partial charge in [0.05, 0.1) is 38.0 Å². The van der Waals surface area contributed by atoms with Crippen molar-refractivity contribution in [3.8, 4) is 5.75 Å². The van der Waals surface area contributed by atoms with Gasteiger partial charge in [0.15, 0.2) is 6.54 Å². The number of carboxylic acid groups (broad SMARTS) is 1. The topological polar surface area (TPSA) is 109 Å². The number of alkyl halides is 3. The lowest BCUT2D eigenvalue weighted by Gasteiger charge is -2.39. The van der Waals surface area contributed by atoms with E-state index in [-0.39, 0.29) is 38.5 Å². The highest BCUT2D eigenvalue weighted by Gasteiger charge is 2.51. The van der Waals surface area contributed by atoms with Crippen molar-refractivity contribution in [2.24, 2.45) is 5.92 Å². The molecule has 0 radical (unpaired) electrons. The maximum Gasteiger partial charge on any atom is 0.438 e. The monoisotopic (exact) mass is 615 g/mol. The number of fused-ring (bicyclic) bond motifs is 2. The minimum Gasteiger partial charge on any atom is -0.550 e. The highest BCUT2D eigenvalue weighted by molar-refractivity contribution is 5.85. The first-order valence-electron chi connectivity index (χ1n) is 14.1. The lowest BCUT2D eigenvalue weighted by atomic mass is 9.94. The summed E-state index contributed by atoms with van der Waals surface area (Å²) in [6.45, 7) is 2.79. The summed E-state index contributed by atoms with van der Waals surface area (Å²) in [4.78, 5) is 31.9. The lowest BCUT2D eigenvalue weighted by molar-refractivity contribution is -0.879. The molecule has 2 aromatic rings. The van der Waals surface area contributed by atoms with Crippen LogP contribution in [0.3, 0.4) is 0 Å². The molecule has 10 nitrogen and oxygen atoms in total. The Bertz CT molecular complexity index is 1230. The standard InChI is InChI=1S/C28H36F3N5O5.ClH/c29-28(30,31)19-36(10-7-34-8-12-40-13-9-34)18-22-15-24(3-2-20(22)14-21(26(36)39)16-25(37)38)41-11-4-23-17-35-6-1-5-32-27(35)33-23;/h2-3,15,17,21H,1,4-14,16,18-19H2,(H-,32,33,37,38);1H/t21-,36?;/m0./s1. The molecule has 3 aliphatic heterocycles. The minimum absolute atomic E-state index is 0. The summed E-state index contributed by atoms with van der Waals surface area (Å²) < 4.78 is 54.6. The van der Waals surface area contributed by atoms with Crippen molar-refractivity contribution in [1.82, 2.24) is 14.5 Å². The predicted molar refractivity (Wildman–Crippen MR) is 147 cm³/mol. The summed E-state index contributed by atoms with van der Waals surface area (Å²) in [6, 6.07) is 5.15. The molecular weight excluding hydrogens is 579 g/mol. The van der Waals surface area contributed by atoms with E-state index in [2.05, 4.69) is 14.9 Å². The number of carbonyl (C=O) groups is 2. The number of anilines is 1. The Morgan fingerprint density at radius 3 is 2.71 bits per heavy atom. The summed E-state index contributed by atoms with van der Waals surface area (Å²) in [5, 5.41) is 14.8. The number of halogens is 4. The second kappa shape index (κ2) is 13.6. The zero-order chi connectivity index (χ0) is 29.0. The smallest absolute Gasteiger partial charge is 0.438 e. The van der Waals surface area contributed by atoms with Crippen LogP contribution in [0.15, 0.2) is 24.4 Å². The van der Waals surface area contributed by atoms with Gasteiger partial charge in [-0.1, -0.05) is 6.07 Å². The summed E-state index contributed by atoms with van der Waals surface area (Å²) in [6.07, 6.45) is -1.66. The number of morpholine rings is 1. The van der Waals surface area contributed by atoms with Crippen LogP contribution in [0, 0.1) is 5.92 Å². The molecule has 5 rings (SSSR count). The number of rotatable bonds is 10. The van der Waals surface area contributed by atoms with Gasteiger partial charge < -0.3 is 29.3 Å². The molecule has 42 heavy (non-hydrogen) atoms. The van der Waals surface area contributed by atoms with E-state index in [0.29, 0.717) is 56.2 Å². The molecular formula is C28H37ClF3N5O5. The average Bonchev–Trinajstić information content (AvgIpc) is 3.30. The first-order chi connectivity index (χ1) is 19.6. The van der Waals surface area contributed by atoms with E-state index in [1.807, 2.05) is 11.1 Å². The van der Waals surface area contributed by atoms with E-state index in [1.165, 1.54) is 0 Å². The number of nitrogens with one attached hydrogen (secondary N) is 1. The molecule has 1 amide bonds. The number of quaternary nitrogens is 1. The van der Waals surface area contributed by atoms with Gasteiger partial charge >= 0.3 is 12.1 Å². The van der Waals surface area contributed by atoms with Crippen molar-refractivity contribution < 1.29 is 41.8 Å². The fourth-order valence-corrected chi connectivity index (χ4v) is 6.07. The number of hydrogen-bond donors (Lipinski definition) is 1. The van der Waals surface area contributed by atoms with Gasteiger partial charge in [0.2, 0.25) is 5.95 Å². The highest BCUT2D eigenvalue weighted by Crippen LogP contribution is 2.35. The molecule has 14 heteroatoms. The van der Waals surface area contributed by atoms with Crippen LogP contribution in [0.4, 0.5) is 19.1 Å². The van der Waals surface area contributed by atoms with E-state index < -0.39 is 41.4 Å². The Kier molecular flexibility index (Phi) is 10.4. The summed E-state index contributed by atoms with van der Waals surface area (Å²) in [5.41, 5.74) is 2.09. The Hall–Kier alpha value is -2.87. The molecule has 0 saturated carbocycles. The molecule has 3 aliphatic rings. The zero-order valence-corrected chi connectivity index (χ0v) is 24.2. The Morgan fingerprint density at radius 2 is 2.00 bits per heavy atom. The number of imidazole rings is 1. The van der Waals surface area contributed by atoms with Crippen molar-refractivity contribution in [3.63, 3.8) is 0 Å². The van der Waals surface area contributed by atoms with E-state index in [0.717, 1.165) is 31.2 Å². The fraction of sp³-hybridized carbons (Fsp3) is 0.607. The lowest BCUT2D eigenvalue weighted by Crippen LogP contribution is -2.61. The van der Waals surface area contributed by atoms with Gasteiger partial charge in [0.1, 0.15) is 12.3 Å². The number of hydrogen-bond acceptors (Lipinski definition) is 8. The second-order valence-electron chi connectivity index (χ2n) is 11.1. The van der Waals surface area contributed by atoms with Gasteiger partial charge in [-0.05, 0) is 30.5 Å². The largest absolute Gasteiger partial charge is 0.550 e. The maximum absolute atomic E-state index is 14.0. The normalized spacial score (nSPS) is 22.7. The Labute approximate surface area is 248 Å². The van der Waals surface area contributed by atoms with Crippen LogP contribution in [0.25, 0.3) is 0 Å². The quantitative estimate of drug-likeness (QED) is 0.403. The number of aliphatic carboxylic acids is 1. The van der Waals surface area contributed by atoms with E-state index in [1.54, 1.807) is 18.2 Å². The highest BCUT2D eigenvalue weighted by atomic mass is 35.5. The molecule has 1 saturated heterocycles. The molecule has 1 fully saturated rings. The number of aromatic nitrogens is 2. The van der Waals surface area contributed by atoms with Crippen LogP contribution in [0.5, 0.6) is 5.75 Å². The van der Waals surface area contributed by atoms with Gasteiger partial charge in [0, 0.05) is 63.3 Å². The van der Waals surface area contributed by atoms with Crippen LogP contribution >= 0.6 is 12.4 Å². The average molecular weight is 616 g/mol. The SMILES string of the molecule is Cl.O=C([O-])C[C@@H]1Cc2ccc(OCCc3cn4c(n3)NCCC4)cc2C[N+](CCN2CCOCC2)(CC(F)(F)F)C1=O. The van der Waals surface area contributed by atoms with E-state index in [4.69, 9.17) is 9.47 Å². The van der Waals surface area contributed by atoms with Crippen LogP contribution < -0.4 is 15.2 Å². The third-order valence-corrected chi connectivity index (χ3v) is 8.09. The molecule has 232 valence electrons. The third-order valence-electron chi connectivity index (χ3n) is 8.09. The molecule has 1 unspecified atom stereocenters. The zero-order valence-electron chi connectivity index (χ0n) is 23.4. The number of benzene rings is 1. The van der Waals surface area contributed by atoms with Crippen LogP contribution in [-0.4, -0.2) is 96.1 Å². The first-order valence-corrected chi connectivity index (χ1v) is 14.1. The maximum atomic E-state index is 14.0. The summed E-state index contributed by atoms with van der Waals surface area (Å²) in [5.74, 6) is -1.98. The molecule has 1 aromatic heterocycles. The fourth-order valence-electron chi connectivity index (χ4n) is 6.07. The second-order valence-corrected chi connectivity index (χ2v) is 11.1. The van der Waals surface area contributed by atoms with Gasteiger partial charge in [0.25, 0.3) is 0 Å². The molecule has 0 bridgehead atoms. The molecule has 0 spiro atoms. The van der Waals surface area contributed by atoms with Gasteiger partial charge in [-0.3, -0.25) is 4.90 Å². The van der Waals surface area contributed by atoms with Crippen LogP contribution in [-0.2, 0) is 40.3 Å². The van der Waals surface area contributed by atoms with E-state index >= 15 is 0 Å². The van der Waals surface area contributed by atoms with Crippen molar-refractivity contribution in [2.45, 2.75) is 44.9 Å². The predicted octanol–water partition coefficient (Wildman–Crippen LogP) is 1.79. The van der Waals surface area contributed by atoms with Gasteiger partial charge in [-0.25, -0.2) is 14.3 Å².